The van der Waals surface area contributed by atoms with Gasteiger partial charge in [0.15, 0.2) is 0 Å². The van der Waals surface area contributed by atoms with Crippen LogP contribution in [0.25, 0.3) is 0 Å². The minimum atomic E-state index is -4.26. The first-order valence-corrected chi connectivity index (χ1v) is 6.12. The van der Waals surface area contributed by atoms with Crippen molar-refractivity contribution in [1.82, 2.24) is 4.90 Å². The number of hydrogen-bond acceptors (Lipinski definition) is 1. The van der Waals surface area contributed by atoms with E-state index in [4.69, 9.17) is 0 Å². The van der Waals surface area contributed by atoms with Crippen molar-refractivity contribution in [2.75, 3.05) is 6.54 Å². The summed E-state index contributed by atoms with van der Waals surface area (Å²) in [7, 11) is 0. The molecule has 2 rings (SSSR count). The maximum Gasteiger partial charge on any atom is 0.416 e. The van der Waals surface area contributed by atoms with Crippen molar-refractivity contribution in [2.45, 2.75) is 45.5 Å². The summed E-state index contributed by atoms with van der Waals surface area (Å²) in [6.45, 7) is 7.31. The number of nitrogens with zero attached hydrogens (tertiary/aromatic N) is 1. The van der Waals surface area contributed by atoms with Crippen LogP contribution in [-0.2, 0) is 19.1 Å². The molecule has 0 amide bonds. The molecule has 1 aromatic carbocycles. The van der Waals surface area contributed by atoms with Gasteiger partial charge in [-0.05, 0) is 44.4 Å². The van der Waals surface area contributed by atoms with E-state index >= 15 is 0 Å². The van der Waals surface area contributed by atoms with Gasteiger partial charge in [0.1, 0.15) is 0 Å². The van der Waals surface area contributed by atoms with Crippen molar-refractivity contribution in [3.05, 3.63) is 34.9 Å². The lowest BCUT2D eigenvalue weighted by Gasteiger charge is -2.40. The molecule has 0 unspecified atom stereocenters. The smallest absolute Gasteiger partial charge is 0.294 e. The van der Waals surface area contributed by atoms with Gasteiger partial charge in [0.05, 0.1) is 5.56 Å². The van der Waals surface area contributed by atoms with Crippen LogP contribution >= 0.6 is 0 Å². The standard InChI is InChI=1S/C14H18F3N/c1-13(2,3)18-8-7-10-5-4-6-12(11(10)9-18)14(15,16)17/h4-6H,7-9H2,1-3H3. The van der Waals surface area contributed by atoms with Crippen LogP contribution < -0.4 is 0 Å². The van der Waals surface area contributed by atoms with E-state index < -0.39 is 11.7 Å². The van der Waals surface area contributed by atoms with E-state index in [0.29, 0.717) is 18.5 Å². The van der Waals surface area contributed by atoms with Gasteiger partial charge in [-0.25, -0.2) is 0 Å². The summed E-state index contributed by atoms with van der Waals surface area (Å²) in [6, 6.07) is 4.50. The minimum absolute atomic E-state index is 0.101. The summed E-state index contributed by atoms with van der Waals surface area (Å²) in [5, 5.41) is 0. The van der Waals surface area contributed by atoms with E-state index in [9.17, 15) is 13.2 Å². The lowest BCUT2D eigenvalue weighted by molar-refractivity contribution is -0.138. The summed E-state index contributed by atoms with van der Waals surface area (Å²) in [6.07, 6.45) is -3.57. The molecular formula is C14H18F3N. The highest BCUT2D eigenvalue weighted by Crippen LogP contribution is 2.36. The van der Waals surface area contributed by atoms with E-state index in [1.165, 1.54) is 12.1 Å². The Labute approximate surface area is 106 Å². The Morgan fingerprint density at radius 3 is 2.33 bits per heavy atom. The Balaban J connectivity index is 2.41. The zero-order chi connectivity index (χ0) is 13.6. The summed E-state index contributed by atoms with van der Waals surface area (Å²) in [4.78, 5) is 2.10. The molecule has 0 saturated heterocycles. The lowest BCUT2D eigenvalue weighted by Crippen LogP contribution is -2.44. The lowest BCUT2D eigenvalue weighted by atomic mass is 9.91. The molecule has 0 radical (unpaired) electrons. The second-order valence-electron chi connectivity index (χ2n) is 5.78. The molecule has 18 heavy (non-hydrogen) atoms. The van der Waals surface area contributed by atoms with Gasteiger partial charge in [-0.1, -0.05) is 12.1 Å². The third-order valence-electron chi connectivity index (χ3n) is 3.53. The van der Waals surface area contributed by atoms with Crippen LogP contribution in [0, 0.1) is 0 Å². The average molecular weight is 257 g/mol. The molecule has 0 fully saturated rings. The molecule has 1 heterocycles. The van der Waals surface area contributed by atoms with Crippen LogP contribution in [0.1, 0.15) is 37.5 Å². The number of alkyl halides is 3. The van der Waals surface area contributed by atoms with Crippen molar-refractivity contribution in [3.63, 3.8) is 0 Å². The Bertz CT molecular complexity index is 443. The molecule has 0 aromatic heterocycles. The third kappa shape index (κ3) is 2.53. The van der Waals surface area contributed by atoms with Gasteiger partial charge in [0.2, 0.25) is 0 Å². The molecule has 100 valence electrons. The second kappa shape index (κ2) is 4.26. The largest absolute Gasteiger partial charge is 0.416 e. The van der Waals surface area contributed by atoms with E-state index in [1.54, 1.807) is 0 Å². The molecule has 1 aliphatic heterocycles. The number of fused-ring (bicyclic) bond motifs is 1. The molecular weight excluding hydrogens is 239 g/mol. The van der Waals surface area contributed by atoms with Gasteiger partial charge in [0, 0.05) is 18.6 Å². The van der Waals surface area contributed by atoms with Crippen LogP contribution in [0.15, 0.2) is 18.2 Å². The van der Waals surface area contributed by atoms with Crippen LogP contribution in [0.5, 0.6) is 0 Å². The van der Waals surface area contributed by atoms with Crippen LogP contribution in [-0.4, -0.2) is 17.0 Å². The number of rotatable bonds is 0. The SMILES string of the molecule is CC(C)(C)N1CCc2cccc(C(F)(F)F)c2C1. The Kier molecular flexibility index (Phi) is 3.18. The van der Waals surface area contributed by atoms with Gasteiger partial charge in [-0.3, -0.25) is 4.90 Å². The Morgan fingerprint density at radius 2 is 1.78 bits per heavy atom. The van der Waals surface area contributed by atoms with E-state index in [1.807, 2.05) is 26.8 Å². The van der Waals surface area contributed by atoms with Gasteiger partial charge in [-0.2, -0.15) is 13.2 Å². The molecule has 1 aromatic rings. The van der Waals surface area contributed by atoms with Gasteiger partial charge in [0.25, 0.3) is 0 Å². The summed E-state index contributed by atoms with van der Waals surface area (Å²) >= 11 is 0. The zero-order valence-electron chi connectivity index (χ0n) is 10.9. The molecule has 4 heteroatoms. The highest BCUT2D eigenvalue weighted by Gasteiger charge is 2.36. The predicted octanol–water partition coefficient (Wildman–Crippen LogP) is 3.86. The van der Waals surface area contributed by atoms with E-state index in [2.05, 4.69) is 4.90 Å². The first-order valence-electron chi connectivity index (χ1n) is 6.12. The predicted molar refractivity (Wildman–Crippen MR) is 65.3 cm³/mol. The maximum absolute atomic E-state index is 13.0. The normalized spacial score (nSPS) is 17.7. The van der Waals surface area contributed by atoms with Crippen LogP contribution in [0.2, 0.25) is 0 Å². The van der Waals surface area contributed by atoms with Crippen molar-refractivity contribution >= 4 is 0 Å². The minimum Gasteiger partial charge on any atom is -0.294 e. The quantitative estimate of drug-likeness (QED) is 0.682. The zero-order valence-corrected chi connectivity index (χ0v) is 10.9. The van der Waals surface area contributed by atoms with Crippen molar-refractivity contribution in [1.29, 1.82) is 0 Å². The summed E-state index contributed by atoms with van der Waals surface area (Å²) in [5.41, 5.74) is 0.710. The van der Waals surface area contributed by atoms with Crippen LogP contribution in [0.4, 0.5) is 13.2 Å². The fraction of sp³-hybridized carbons (Fsp3) is 0.571. The topological polar surface area (TPSA) is 3.24 Å². The fourth-order valence-corrected chi connectivity index (χ4v) is 2.42. The molecule has 0 bridgehead atoms. The molecule has 0 saturated carbocycles. The van der Waals surface area contributed by atoms with Crippen molar-refractivity contribution < 1.29 is 13.2 Å². The third-order valence-corrected chi connectivity index (χ3v) is 3.53. The summed E-state index contributed by atoms with van der Waals surface area (Å²) in [5.74, 6) is 0. The first kappa shape index (κ1) is 13.4. The second-order valence-corrected chi connectivity index (χ2v) is 5.78. The highest BCUT2D eigenvalue weighted by molar-refractivity contribution is 5.38. The van der Waals surface area contributed by atoms with Crippen molar-refractivity contribution in [2.24, 2.45) is 0 Å². The Hall–Kier alpha value is -1.03. The Morgan fingerprint density at radius 1 is 1.11 bits per heavy atom. The van der Waals surface area contributed by atoms with Gasteiger partial charge < -0.3 is 0 Å². The number of halogens is 3. The maximum atomic E-state index is 13.0. The molecule has 0 atom stereocenters. The number of hydrogen-bond donors (Lipinski definition) is 0. The molecule has 0 N–H and O–H groups in total. The average Bonchev–Trinajstić information content (AvgIpc) is 2.25. The fourth-order valence-electron chi connectivity index (χ4n) is 2.42. The van der Waals surface area contributed by atoms with Gasteiger partial charge >= 0.3 is 6.18 Å². The molecule has 1 aliphatic rings. The summed E-state index contributed by atoms with van der Waals surface area (Å²) < 4.78 is 38.9. The molecule has 0 aliphatic carbocycles. The van der Waals surface area contributed by atoms with Crippen molar-refractivity contribution in [3.8, 4) is 0 Å². The monoisotopic (exact) mass is 257 g/mol. The molecule has 1 nitrogen and oxygen atoms in total. The molecule has 0 spiro atoms. The van der Waals surface area contributed by atoms with E-state index in [0.717, 1.165) is 12.1 Å². The van der Waals surface area contributed by atoms with Crippen LogP contribution in [0.3, 0.4) is 0 Å². The van der Waals surface area contributed by atoms with E-state index in [-0.39, 0.29) is 5.54 Å². The number of benzene rings is 1. The highest BCUT2D eigenvalue weighted by atomic mass is 19.4. The first-order chi connectivity index (χ1) is 8.19. The van der Waals surface area contributed by atoms with Gasteiger partial charge in [-0.15, -0.1) is 0 Å².